The van der Waals surface area contributed by atoms with Gasteiger partial charge in [-0.1, -0.05) is 18.2 Å². The number of halogens is 1. The molecular weight excluding hydrogens is 360 g/mol. The molecule has 1 aliphatic carbocycles. The maximum absolute atomic E-state index is 12.8. The number of ether oxygens (including phenoxy) is 1. The highest BCUT2D eigenvalue weighted by Crippen LogP contribution is 2.32. The van der Waals surface area contributed by atoms with E-state index in [-0.39, 0.29) is 23.3 Å². The van der Waals surface area contributed by atoms with E-state index in [2.05, 4.69) is 4.72 Å². The predicted octanol–water partition coefficient (Wildman–Crippen LogP) is 3.19. The summed E-state index contributed by atoms with van der Waals surface area (Å²) in [5.74, 6) is 0. The molecule has 0 spiro atoms. The number of nitrogens with one attached hydrogen (secondary N) is 1. The summed E-state index contributed by atoms with van der Waals surface area (Å²) < 4.78 is 33.4. The summed E-state index contributed by atoms with van der Waals surface area (Å²) in [7, 11) is -2.00. The van der Waals surface area contributed by atoms with E-state index in [1.807, 2.05) is 24.3 Å². The molecule has 0 saturated carbocycles. The van der Waals surface area contributed by atoms with Crippen molar-refractivity contribution in [3.8, 4) is 0 Å². The largest absolute Gasteiger partial charge is 0.399 e. The van der Waals surface area contributed by atoms with Crippen LogP contribution in [0.3, 0.4) is 0 Å². The van der Waals surface area contributed by atoms with Crippen molar-refractivity contribution in [2.75, 3.05) is 12.8 Å². The molecule has 3 rings (SSSR count). The topological polar surface area (TPSA) is 81.4 Å². The van der Waals surface area contributed by atoms with Gasteiger partial charge in [0.15, 0.2) is 0 Å². The number of nitrogens with two attached hydrogens (primary N) is 1. The average molecular weight is 383 g/mol. The molecule has 7 heteroatoms. The van der Waals surface area contributed by atoms with Crippen LogP contribution in [0.15, 0.2) is 47.4 Å². The highest BCUT2D eigenvalue weighted by molar-refractivity contribution is 7.89. The number of sulfonamides is 1. The zero-order chi connectivity index (χ0) is 17.2. The average Bonchev–Trinajstić information content (AvgIpc) is 2.55. The molecule has 0 heterocycles. The van der Waals surface area contributed by atoms with Gasteiger partial charge < -0.3 is 10.5 Å². The Kier molecular flexibility index (Phi) is 6.46. The van der Waals surface area contributed by atoms with Gasteiger partial charge in [-0.05, 0) is 60.2 Å². The lowest BCUT2D eigenvalue weighted by Crippen LogP contribution is -2.31. The van der Waals surface area contributed by atoms with Crippen molar-refractivity contribution >= 4 is 28.1 Å². The third kappa shape index (κ3) is 4.52. The summed E-state index contributed by atoms with van der Waals surface area (Å²) in [4.78, 5) is 0.264. The van der Waals surface area contributed by atoms with Gasteiger partial charge in [-0.25, -0.2) is 13.1 Å². The molecule has 0 aliphatic heterocycles. The van der Waals surface area contributed by atoms with Gasteiger partial charge in [0.05, 0.1) is 11.5 Å². The molecule has 5 nitrogen and oxygen atoms in total. The van der Waals surface area contributed by atoms with Crippen molar-refractivity contribution in [2.24, 2.45) is 0 Å². The first kappa shape index (κ1) is 19.7. The number of anilines is 1. The van der Waals surface area contributed by atoms with Crippen LogP contribution in [0.5, 0.6) is 0 Å². The van der Waals surface area contributed by atoms with Gasteiger partial charge >= 0.3 is 0 Å². The molecule has 0 amide bonds. The Balaban J connectivity index is 0.00000225. The van der Waals surface area contributed by atoms with Crippen LogP contribution in [0.25, 0.3) is 0 Å². The van der Waals surface area contributed by atoms with Gasteiger partial charge in [-0.2, -0.15) is 0 Å². The van der Waals surface area contributed by atoms with Crippen LogP contribution in [0.4, 0.5) is 5.69 Å². The van der Waals surface area contributed by atoms with Gasteiger partial charge in [0.25, 0.3) is 0 Å². The quantitative estimate of drug-likeness (QED) is 0.778. The number of methoxy groups -OCH3 is 1. The lowest BCUT2D eigenvalue weighted by molar-refractivity contribution is 0.184. The maximum atomic E-state index is 12.8. The van der Waals surface area contributed by atoms with Crippen LogP contribution >= 0.6 is 12.4 Å². The lowest BCUT2D eigenvalue weighted by Gasteiger charge is -2.26. The van der Waals surface area contributed by atoms with Gasteiger partial charge in [0.1, 0.15) is 0 Å². The van der Waals surface area contributed by atoms with Crippen molar-refractivity contribution in [3.05, 3.63) is 59.2 Å². The molecule has 1 aliphatic rings. The molecule has 25 heavy (non-hydrogen) atoms. The third-order valence-corrected chi connectivity index (χ3v) is 5.77. The first-order valence-electron chi connectivity index (χ1n) is 7.98. The standard InChI is InChI=1S/C18H22N2O3S.ClH/c1-23-12-13-4-2-6-16(10-13)24(21,22)20-18-7-3-5-14-11-15(19)8-9-17(14)18;/h2,4,6,8-11,18,20H,3,5,7,12,19H2,1H3;1H. The zero-order valence-corrected chi connectivity index (χ0v) is 15.7. The van der Waals surface area contributed by atoms with Crippen molar-refractivity contribution < 1.29 is 13.2 Å². The summed E-state index contributed by atoms with van der Waals surface area (Å²) in [6.07, 6.45) is 2.66. The van der Waals surface area contributed by atoms with E-state index < -0.39 is 10.0 Å². The molecule has 0 aromatic heterocycles. The number of hydrogen-bond acceptors (Lipinski definition) is 4. The third-order valence-electron chi connectivity index (χ3n) is 4.30. The minimum atomic E-state index is -3.59. The highest BCUT2D eigenvalue weighted by Gasteiger charge is 2.26. The Morgan fingerprint density at radius 2 is 2.04 bits per heavy atom. The van der Waals surface area contributed by atoms with Crippen LogP contribution in [0.1, 0.15) is 35.6 Å². The Hall–Kier alpha value is -1.60. The number of rotatable bonds is 5. The summed E-state index contributed by atoms with van der Waals surface area (Å²) in [5, 5.41) is 0. The highest BCUT2D eigenvalue weighted by atomic mass is 35.5. The second-order valence-electron chi connectivity index (χ2n) is 6.10. The molecule has 0 radical (unpaired) electrons. The number of benzene rings is 2. The Morgan fingerprint density at radius 1 is 1.24 bits per heavy atom. The molecule has 136 valence electrons. The van der Waals surface area contributed by atoms with Crippen LogP contribution in [0.2, 0.25) is 0 Å². The van der Waals surface area contributed by atoms with Gasteiger partial charge in [-0.3, -0.25) is 0 Å². The van der Waals surface area contributed by atoms with E-state index in [1.165, 1.54) is 0 Å². The maximum Gasteiger partial charge on any atom is 0.241 e. The lowest BCUT2D eigenvalue weighted by atomic mass is 9.88. The van der Waals surface area contributed by atoms with Gasteiger partial charge in [-0.15, -0.1) is 12.4 Å². The fraction of sp³-hybridized carbons (Fsp3) is 0.333. The minimum Gasteiger partial charge on any atom is -0.399 e. The summed E-state index contributed by atoms with van der Waals surface area (Å²) in [6.45, 7) is 0.384. The van der Waals surface area contributed by atoms with E-state index in [1.54, 1.807) is 25.3 Å². The van der Waals surface area contributed by atoms with E-state index in [4.69, 9.17) is 10.5 Å². The first-order valence-corrected chi connectivity index (χ1v) is 9.46. The zero-order valence-electron chi connectivity index (χ0n) is 14.1. The Bertz CT molecular complexity index is 840. The summed E-state index contributed by atoms with van der Waals surface area (Å²) in [6, 6.07) is 12.3. The van der Waals surface area contributed by atoms with Crippen molar-refractivity contribution in [3.63, 3.8) is 0 Å². The van der Waals surface area contributed by atoms with Crippen LogP contribution < -0.4 is 10.5 Å². The summed E-state index contributed by atoms with van der Waals surface area (Å²) in [5.41, 5.74) is 9.53. The van der Waals surface area contributed by atoms with Crippen molar-refractivity contribution in [1.29, 1.82) is 0 Å². The number of nitrogen functional groups attached to an aromatic ring is 1. The fourth-order valence-corrected chi connectivity index (χ4v) is 4.50. The molecule has 0 saturated heterocycles. The minimum absolute atomic E-state index is 0. The van der Waals surface area contributed by atoms with Crippen molar-refractivity contribution in [1.82, 2.24) is 4.72 Å². The second-order valence-corrected chi connectivity index (χ2v) is 7.82. The molecule has 0 bridgehead atoms. The molecule has 0 fully saturated rings. The Morgan fingerprint density at radius 3 is 2.80 bits per heavy atom. The van der Waals surface area contributed by atoms with E-state index in [9.17, 15) is 8.42 Å². The molecule has 1 atom stereocenters. The second kappa shape index (κ2) is 8.19. The van der Waals surface area contributed by atoms with Crippen LogP contribution in [-0.4, -0.2) is 15.5 Å². The first-order chi connectivity index (χ1) is 11.5. The smallest absolute Gasteiger partial charge is 0.241 e. The monoisotopic (exact) mass is 382 g/mol. The van der Waals surface area contributed by atoms with Crippen LogP contribution in [0, 0.1) is 0 Å². The van der Waals surface area contributed by atoms with Gasteiger partial charge in [0.2, 0.25) is 10.0 Å². The number of hydrogen-bond donors (Lipinski definition) is 2. The molecule has 1 unspecified atom stereocenters. The fourth-order valence-electron chi connectivity index (χ4n) is 3.18. The Labute approximate surface area is 155 Å². The number of fused-ring (bicyclic) bond motifs is 1. The summed E-state index contributed by atoms with van der Waals surface area (Å²) >= 11 is 0. The van der Waals surface area contributed by atoms with E-state index in [0.717, 1.165) is 36.0 Å². The molecular formula is C18H23ClN2O3S. The number of aryl methyl sites for hydroxylation is 1. The predicted molar refractivity (Wildman–Crippen MR) is 101 cm³/mol. The molecule has 3 N–H and O–H groups in total. The van der Waals surface area contributed by atoms with Crippen molar-refractivity contribution in [2.45, 2.75) is 36.8 Å². The van der Waals surface area contributed by atoms with Gasteiger partial charge in [0, 0.05) is 18.8 Å². The molecule has 2 aromatic carbocycles. The molecule has 2 aromatic rings. The van der Waals surface area contributed by atoms with E-state index >= 15 is 0 Å². The normalized spacial score (nSPS) is 16.8. The van der Waals surface area contributed by atoms with E-state index in [0.29, 0.717) is 12.3 Å². The van der Waals surface area contributed by atoms with Crippen LogP contribution in [-0.2, 0) is 27.8 Å². The SMILES string of the molecule is COCc1cccc(S(=O)(=O)NC2CCCc3cc(N)ccc32)c1.Cl.